The number of carbonyl (C=O) groups excluding carboxylic acids is 1. The third kappa shape index (κ3) is 5.10. The Balaban J connectivity index is 1.51. The van der Waals surface area contributed by atoms with Gasteiger partial charge in [0.05, 0.1) is 11.3 Å². The summed E-state index contributed by atoms with van der Waals surface area (Å²) in [6.45, 7) is 0. The zero-order valence-electron chi connectivity index (χ0n) is 16.3. The number of rotatable bonds is 7. The van der Waals surface area contributed by atoms with Gasteiger partial charge in [0.2, 0.25) is 0 Å². The molecule has 0 saturated carbocycles. The predicted molar refractivity (Wildman–Crippen MR) is 123 cm³/mol. The van der Waals surface area contributed by atoms with Gasteiger partial charge in [-0.15, -0.1) is 11.8 Å². The van der Waals surface area contributed by atoms with Crippen LogP contribution in [0.5, 0.6) is 11.5 Å². The first kappa shape index (κ1) is 19.8. The van der Waals surface area contributed by atoms with E-state index in [1.807, 2.05) is 97.1 Å². The Kier molecular flexibility index (Phi) is 6.47. The van der Waals surface area contributed by atoms with E-state index in [-0.39, 0.29) is 5.91 Å². The first-order valence-electron chi connectivity index (χ1n) is 9.68. The highest BCUT2D eigenvalue weighted by molar-refractivity contribution is 7.98. The molecule has 4 heteroatoms. The molecule has 0 aromatic heterocycles. The fourth-order valence-electron chi connectivity index (χ4n) is 2.98. The summed E-state index contributed by atoms with van der Waals surface area (Å²) in [5.74, 6) is 1.97. The van der Waals surface area contributed by atoms with Crippen molar-refractivity contribution in [2.24, 2.45) is 0 Å². The third-order valence-corrected chi connectivity index (χ3v) is 5.62. The summed E-state index contributed by atoms with van der Waals surface area (Å²) in [6, 6.07) is 34.9. The van der Waals surface area contributed by atoms with Gasteiger partial charge in [-0.25, -0.2) is 0 Å². The van der Waals surface area contributed by atoms with E-state index in [0.29, 0.717) is 17.0 Å². The Bertz CT molecular complexity index is 1110. The van der Waals surface area contributed by atoms with Crippen LogP contribution in [0, 0.1) is 0 Å². The number of anilines is 1. The van der Waals surface area contributed by atoms with E-state index in [9.17, 15) is 4.79 Å². The summed E-state index contributed by atoms with van der Waals surface area (Å²) >= 11 is 1.65. The van der Waals surface area contributed by atoms with Gasteiger partial charge in [0, 0.05) is 10.6 Å². The molecule has 0 atom stereocenters. The topological polar surface area (TPSA) is 38.3 Å². The van der Waals surface area contributed by atoms with Crippen LogP contribution in [0.2, 0.25) is 0 Å². The molecule has 0 heterocycles. The predicted octanol–water partition coefficient (Wildman–Crippen LogP) is 7.02. The number of para-hydroxylation sites is 3. The highest BCUT2D eigenvalue weighted by atomic mass is 32.2. The lowest BCUT2D eigenvalue weighted by molar-refractivity contribution is 0.102. The average molecular weight is 412 g/mol. The summed E-state index contributed by atoms with van der Waals surface area (Å²) in [6.07, 6.45) is 0. The zero-order chi connectivity index (χ0) is 20.6. The molecule has 0 saturated heterocycles. The molecule has 4 aromatic rings. The van der Waals surface area contributed by atoms with Crippen molar-refractivity contribution >= 4 is 23.4 Å². The standard InChI is InChI=1S/C26H21NO2S/c28-26(22-15-7-10-18-25(22)30-19-20-11-3-1-4-12-20)27-23-16-8-9-17-24(23)29-21-13-5-2-6-14-21/h1-18H,19H2,(H,27,28). The molecule has 0 fully saturated rings. The number of carbonyl (C=O) groups is 1. The molecular formula is C26H21NO2S. The van der Waals surface area contributed by atoms with E-state index in [2.05, 4.69) is 17.4 Å². The van der Waals surface area contributed by atoms with Gasteiger partial charge < -0.3 is 10.1 Å². The first-order chi connectivity index (χ1) is 14.8. The highest BCUT2D eigenvalue weighted by Gasteiger charge is 2.14. The number of ether oxygens (including phenoxy) is 1. The van der Waals surface area contributed by atoms with Gasteiger partial charge in [0.25, 0.3) is 5.91 Å². The number of amides is 1. The van der Waals surface area contributed by atoms with Crippen LogP contribution >= 0.6 is 11.8 Å². The van der Waals surface area contributed by atoms with Crippen molar-refractivity contribution in [3.05, 3.63) is 120 Å². The maximum Gasteiger partial charge on any atom is 0.256 e. The van der Waals surface area contributed by atoms with Crippen LogP contribution in [0.1, 0.15) is 15.9 Å². The Hall–Kier alpha value is -3.50. The van der Waals surface area contributed by atoms with Gasteiger partial charge in [-0.3, -0.25) is 4.79 Å². The van der Waals surface area contributed by atoms with Gasteiger partial charge in [-0.1, -0.05) is 72.8 Å². The Morgan fingerprint density at radius 1 is 0.733 bits per heavy atom. The molecule has 148 valence electrons. The molecule has 4 aromatic carbocycles. The largest absolute Gasteiger partial charge is 0.455 e. The molecule has 0 spiro atoms. The Morgan fingerprint density at radius 3 is 2.17 bits per heavy atom. The van der Waals surface area contributed by atoms with E-state index in [1.165, 1.54) is 5.56 Å². The summed E-state index contributed by atoms with van der Waals surface area (Å²) in [7, 11) is 0. The third-order valence-electron chi connectivity index (χ3n) is 4.48. The normalized spacial score (nSPS) is 10.4. The van der Waals surface area contributed by atoms with Crippen molar-refractivity contribution in [2.75, 3.05) is 5.32 Å². The number of nitrogens with one attached hydrogen (secondary N) is 1. The molecule has 4 rings (SSSR count). The van der Waals surface area contributed by atoms with Gasteiger partial charge >= 0.3 is 0 Å². The summed E-state index contributed by atoms with van der Waals surface area (Å²) in [5, 5.41) is 3.01. The highest BCUT2D eigenvalue weighted by Crippen LogP contribution is 2.31. The lowest BCUT2D eigenvalue weighted by Crippen LogP contribution is -2.13. The minimum absolute atomic E-state index is 0.157. The fourth-order valence-corrected chi connectivity index (χ4v) is 3.99. The molecule has 1 amide bonds. The molecule has 0 unspecified atom stereocenters. The van der Waals surface area contributed by atoms with Crippen LogP contribution in [0.15, 0.2) is 114 Å². The minimum Gasteiger partial charge on any atom is -0.455 e. The van der Waals surface area contributed by atoms with Gasteiger partial charge in [-0.05, 0) is 42.0 Å². The summed E-state index contributed by atoms with van der Waals surface area (Å²) < 4.78 is 5.96. The quantitative estimate of drug-likeness (QED) is 0.332. The molecule has 0 bridgehead atoms. The summed E-state index contributed by atoms with van der Waals surface area (Å²) in [5.41, 5.74) is 2.50. The smallest absolute Gasteiger partial charge is 0.256 e. The molecule has 0 aliphatic rings. The second kappa shape index (κ2) is 9.81. The van der Waals surface area contributed by atoms with E-state index in [1.54, 1.807) is 11.8 Å². The minimum atomic E-state index is -0.157. The Labute approximate surface area is 180 Å². The molecule has 3 nitrogen and oxygen atoms in total. The molecule has 0 aliphatic heterocycles. The van der Waals surface area contributed by atoms with Gasteiger partial charge in [0.1, 0.15) is 5.75 Å². The summed E-state index contributed by atoms with van der Waals surface area (Å²) in [4.78, 5) is 14.0. The van der Waals surface area contributed by atoms with Crippen molar-refractivity contribution in [2.45, 2.75) is 10.6 Å². The fraction of sp³-hybridized carbons (Fsp3) is 0.0385. The number of hydrogen-bond acceptors (Lipinski definition) is 3. The van der Waals surface area contributed by atoms with Crippen LogP contribution in [0.4, 0.5) is 5.69 Å². The lowest BCUT2D eigenvalue weighted by atomic mass is 10.2. The van der Waals surface area contributed by atoms with E-state index in [4.69, 9.17) is 4.74 Å². The van der Waals surface area contributed by atoms with Crippen molar-refractivity contribution in [1.82, 2.24) is 0 Å². The van der Waals surface area contributed by atoms with Gasteiger partial charge in [0.15, 0.2) is 5.75 Å². The van der Waals surface area contributed by atoms with Gasteiger partial charge in [-0.2, -0.15) is 0 Å². The average Bonchev–Trinajstić information content (AvgIpc) is 2.80. The monoisotopic (exact) mass is 411 g/mol. The van der Waals surface area contributed by atoms with E-state index >= 15 is 0 Å². The second-order valence-corrected chi connectivity index (χ2v) is 7.65. The van der Waals surface area contributed by atoms with Crippen molar-refractivity contribution < 1.29 is 9.53 Å². The SMILES string of the molecule is O=C(Nc1ccccc1Oc1ccccc1)c1ccccc1SCc1ccccc1. The van der Waals surface area contributed by atoms with Crippen LogP contribution in [0.25, 0.3) is 0 Å². The number of hydrogen-bond donors (Lipinski definition) is 1. The number of thioether (sulfide) groups is 1. The van der Waals surface area contributed by atoms with Crippen LogP contribution in [-0.2, 0) is 5.75 Å². The molecule has 1 N–H and O–H groups in total. The lowest BCUT2D eigenvalue weighted by Gasteiger charge is -2.14. The van der Waals surface area contributed by atoms with Crippen LogP contribution in [0.3, 0.4) is 0 Å². The van der Waals surface area contributed by atoms with Crippen molar-refractivity contribution in [3.8, 4) is 11.5 Å². The molecule has 0 radical (unpaired) electrons. The molecule has 0 aliphatic carbocycles. The van der Waals surface area contributed by atoms with E-state index in [0.717, 1.165) is 16.4 Å². The Morgan fingerprint density at radius 2 is 1.37 bits per heavy atom. The maximum absolute atomic E-state index is 13.1. The van der Waals surface area contributed by atoms with Crippen molar-refractivity contribution in [3.63, 3.8) is 0 Å². The van der Waals surface area contributed by atoms with Crippen LogP contribution < -0.4 is 10.1 Å². The second-order valence-electron chi connectivity index (χ2n) is 6.64. The van der Waals surface area contributed by atoms with Crippen molar-refractivity contribution in [1.29, 1.82) is 0 Å². The number of benzene rings is 4. The maximum atomic E-state index is 13.1. The molecule has 30 heavy (non-hydrogen) atoms. The first-order valence-corrected chi connectivity index (χ1v) is 10.7. The van der Waals surface area contributed by atoms with E-state index < -0.39 is 0 Å². The zero-order valence-corrected chi connectivity index (χ0v) is 17.1. The molecular weight excluding hydrogens is 390 g/mol. The van der Waals surface area contributed by atoms with Crippen LogP contribution in [-0.4, -0.2) is 5.91 Å².